The van der Waals surface area contributed by atoms with E-state index in [1.807, 2.05) is 0 Å². The largest absolute Gasteiger partial charge is 0.340 e. The fourth-order valence-corrected chi connectivity index (χ4v) is 2.32. The summed E-state index contributed by atoms with van der Waals surface area (Å²) < 4.78 is 13.4. The fraction of sp³-hybridized carbons (Fsp3) is 0.467. The van der Waals surface area contributed by atoms with Crippen LogP contribution in [0.25, 0.3) is 0 Å². The lowest BCUT2D eigenvalue weighted by molar-refractivity contribution is -0.130. The normalized spacial score (nSPS) is 15.8. The lowest BCUT2D eigenvalue weighted by atomic mass is 10.2. The number of hydrogen-bond donors (Lipinski definition) is 1. The summed E-state index contributed by atoms with van der Waals surface area (Å²) in [5, 5.41) is 2.57. The molecule has 21 heavy (non-hydrogen) atoms. The summed E-state index contributed by atoms with van der Waals surface area (Å²) in [5.74, 6) is -0.540. The number of halogens is 1. The van der Waals surface area contributed by atoms with Gasteiger partial charge in [-0.15, -0.1) is 0 Å². The van der Waals surface area contributed by atoms with Crippen LogP contribution in [0.4, 0.5) is 10.1 Å². The van der Waals surface area contributed by atoms with Gasteiger partial charge in [-0.25, -0.2) is 4.39 Å². The van der Waals surface area contributed by atoms with Crippen LogP contribution in [0.5, 0.6) is 0 Å². The van der Waals surface area contributed by atoms with Gasteiger partial charge < -0.3 is 10.2 Å². The number of rotatable bonds is 4. The summed E-state index contributed by atoms with van der Waals surface area (Å²) >= 11 is 0. The molecule has 1 aromatic rings. The van der Waals surface area contributed by atoms with Gasteiger partial charge >= 0.3 is 0 Å². The number of anilines is 1. The number of piperazine rings is 1. The third-order valence-electron chi connectivity index (χ3n) is 3.62. The Bertz CT molecular complexity index is 513. The molecular weight excluding hydrogens is 273 g/mol. The van der Waals surface area contributed by atoms with Gasteiger partial charge in [-0.1, -0.05) is 12.1 Å². The number of nitrogens with one attached hydrogen (secondary N) is 1. The van der Waals surface area contributed by atoms with Crippen molar-refractivity contribution in [2.75, 3.05) is 38.0 Å². The monoisotopic (exact) mass is 293 g/mol. The molecule has 1 aromatic carbocycles. The van der Waals surface area contributed by atoms with Crippen LogP contribution in [0, 0.1) is 5.82 Å². The summed E-state index contributed by atoms with van der Waals surface area (Å²) in [6, 6.07) is 6.12. The fourth-order valence-electron chi connectivity index (χ4n) is 2.32. The Hall–Kier alpha value is -1.95. The third kappa shape index (κ3) is 4.53. The average Bonchev–Trinajstić information content (AvgIpc) is 2.48. The molecule has 2 amide bonds. The molecule has 1 N–H and O–H groups in total. The highest BCUT2D eigenvalue weighted by Gasteiger charge is 2.18. The van der Waals surface area contributed by atoms with E-state index in [0.29, 0.717) is 26.1 Å². The minimum Gasteiger partial charge on any atom is -0.340 e. The molecule has 0 aliphatic carbocycles. The maximum Gasteiger partial charge on any atom is 0.225 e. The van der Waals surface area contributed by atoms with Crippen molar-refractivity contribution in [2.45, 2.75) is 13.3 Å². The predicted molar refractivity (Wildman–Crippen MR) is 78.3 cm³/mol. The SMILES string of the molecule is CC(=O)N1CCN(CCC(=O)Nc2ccccc2F)CC1. The molecule has 0 bridgehead atoms. The highest BCUT2D eigenvalue weighted by Crippen LogP contribution is 2.12. The number of nitrogens with zero attached hydrogens (tertiary/aromatic N) is 2. The molecule has 114 valence electrons. The van der Waals surface area contributed by atoms with Crippen LogP contribution < -0.4 is 5.32 Å². The molecule has 1 aliphatic rings. The Morgan fingerprint density at radius 3 is 2.48 bits per heavy atom. The zero-order valence-corrected chi connectivity index (χ0v) is 12.1. The quantitative estimate of drug-likeness (QED) is 0.911. The van der Waals surface area contributed by atoms with E-state index in [4.69, 9.17) is 0 Å². The van der Waals surface area contributed by atoms with Crippen molar-refractivity contribution in [1.29, 1.82) is 0 Å². The number of amides is 2. The van der Waals surface area contributed by atoms with Crippen molar-refractivity contribution >= 4 is 17.5 Å². The molecular formula is C15H20FN3O2. The van der Waals surface area contributed by atoms with E-state index >= 15 is 0 Å². The number of benzene rings is 1. The van der Waals surface area contributed by atoms with Crippen molar-refractivity contribution < 1.29 is 14.0 Å². The number of para-hydroxylation sites is 1. The van der Waals surface area contributed by atoms with Crippen molar-refractivity contribution in [3.8, 4) is 0 Å². The van der Waals surface area contributed by atoms with Gasteiger partial charge in [-0.3, -0.25) is 14.5 Å². The Morgan fingerprint density at radius 1 is 1.19 bits per heavy atom. The summed E-state index contributed by atoms with van der Waals surface area (Å²) in [7, 11) is 0. The molecule has 0 atom stereocenters. The molecule has 0 unspecified atom stereocenters. The van der Waals surface area contributed by atoms with Gasteiger partial charge in [0.05, 0.1) is 5.69 Å². The van der Waals surface area contributed by atoms with Gasteiger partial charge in [0.2, 0.25) is 11.8 Å². The van der Waals surface area contributed by atoms with Crippen molar-refractivity contribution in [3.05, 3.63) is 30.1 Å². The van der Waals surface area contributed by atoms with Crippen LogP contribution in [0.1, 0.15) is 13.3 Å². The third-order valence-corrected chi connectivity index (χ3v) is 3.62. The summed E-state index contributed by atoms with van der Waals surface area (Å²) in [5.41, 5.74) is 0.212. The van der Waals surface area contributed by atoms with Crippen LogP contribution in [0.3, 0.4) is 0 Å². The second kappa shape index (κ2) is 7.17. The van der Waals surface area contributed by atoms with Crippen LogP contribution in [0.2, 0.25) is 0 Å². The van der Waals surface area contributed by atoms with E-state index in [-0.39, 0.29) is 17.5 Å². The highest BCUT2D eigenvalue weighted by atomic mass is 19.1. The first-order valence-corrected chi connectivity index (χ1v) is 7.08. The Labute approximate surface area is 123 Å². The average molecular weight is 293 g/mol. The number of carbonyl (C=O) groups excluding carboxylic acids is 2. The van der Waals surface area contributed by atoms with Crippen LogP contribution in [-0.2, 0) is 9.59 Å². The van der Waals surface area contributed by atoms with E-state index in [0.717, 1.165) is 13.1 Å². The molecule has 0 spiro atoms. The van der Waals surface area contributed by atoms with Gasteiger partial charge in [0, 0.05) is 46.1 Å². The zero-order valence-electron chi connectivity index (χ0n) is 12.1. The molecule has 0 aromatic heterocycles. The Morgan fingerprint density at radius 2 is 1.86 bits per heavy atom. The summed E-state index contributed by atoms with van der Waals surface area (Å²) in [6.07, 6.45) is 0.314. The van der Waals surface area contributed by atoms with Crippen LogP contribution >= 0.6 is 0 Å². The number of carbonyl (C=O) groups is 2. The first-order valence-electron chi connectivity index (χ1n) is 7.08. The van der Waals surface area contributed by atoms with E-state index in [2.05, 4.69) is 10.2 Å². The molecule has 1 aliphatic heterocycles. The van der Waals surface area contributed by atoms with Gasteiger partial charge in [0.15, 0.2) is 0 Å². The van der Waals surface area contributed by atoms with Crippen molar-refractivity contribution in [2.24, 2.45) is 0 Å². The molecule has 6 heteroatoms. The number of hydrogen-bond acceptors (Lipinski definition) is 3. The van der Waals surface area contributed by atoms with Gasteiger partial charge in [0.1, 0.15) is 5.82 Å². The minimum atomic E-state index is -0.430. The first-order chi connectivity index (χ1) is 10.1. The molecule has 1 saturated heterocycles. The Kier molecular flexibility index (Phi) is 5.27. The van der Waals surface area contributed by atoms with Crippen LogP contribution in [0.15, 0.2) is 24.3 Å². The van der Waals surface area contributed by atoms with Crippen LogP contribution in [-0.4, -0.2) is 54.3 Å². The smallest absolute Gasteiger partial charge is 0.225 e. The highest BCUT2D eigenvalue weighted by molar-refractivity contribution is 5.90. The molecule has 2 rings (SSSR count). The lowest BCUT2D eigenvalue weighted by Crippen LogP contribution is -2.48. The minimum absolute atomic E-state index is 0.0898. The second-order valence-electron chi connectivity index (χ2n) is 5.13. The predicted octanol–water partition coefficient (Wildman–Crippen LogP) is 1.32. The maximum atomic E-state index is 13.4. The molecule has 0 radical (unpaired) electrons. The summed E-state index contributed by atoms with van der Waals surface area (Å²) in [6.45, 7) is 5.12. The molecule has 0 saturated carbocycles. The van der Waals surface area contributed by atoms with Gasteiger partial charge in [0.25, 0.3) is 0 Å². The molecule has 1 heterocycles. The first kappa shape index (κ1) is 15.4. The summed E-state index contributed by atoms with van der Waals surface area (Å²) in [4.78, 5) is 27.0. The van der Waals surface area contributed by atoms with E-state index in [9.17, 15) is 14.0 Å². The van der Waals surface area contributed by atoms with E-state index in [1.165, 1.54) is 6.07 Å². The van der Waals surface area contributed by atoms with Crippen molar-refractivity contribution in [1.82, 2.24) is 9.80 Å². The van der Waals surface area contributed by atoms with Crippen molar-refractivity contribution in [3.63, 3.8) is 0 Å². The van der Waals surface area contributed by atoms with Gasteiger partial charge in [-0.2, -0.15) is 0 Å². The zero-order chi connectivity index (χ0) is 15.2. The maximum absolute atomic E-state index is 13.4. The van der Waals surface area contributed by atoms with E-state index < -0.39 is 5.82 Å². The van der Waals surface area contributed by atoms with E-state index in [1.54, 1.807) is 30.0 Å². The standard InChI is InChI=1S/C15H20FN3O2/c1-12(20)19-10-8-18(9-11-19)7-6-15(21)17-14-5-3-2-4-13(14)16/h2-5H,6-11H2,1H3,(H,17,21). The topological polar surface area (TPSA) is 52.7 Å². The Balaban J connectivity index is 1.73. The second-order valence-corrected chi connectivity index (χ2v) is 5.13. The molecule has 5 nitrogen and oxygen atoms in total. The molecule has 1 fully saturated rings. The van der Waals surface area contributed by atoms with Gasteiger partial charge in [-0.05, 0) is 12.1 Å². The lowest BCUT2D eigenvalue weighted by Gasteiger charge is -2.34.